The second-order valence-electron chi connectivity index (χ2n) is 6.86. The molecular formula is C18H21N3O2. The van der Waals surface area contributed by atoms with Crippen LogP contribution in [0.25, 0.3) is 11.0 Å². The van der Waals surface area contributed by atoms with Gasteiger partial charge in [-0.1, -0.05) is 26.0 Å². The molecule has 1 aromatic carbocycles. The van der Waals surface area contributed by atoms with E-state index in [1.165, 1.54) is 0 Å². The van der Waals surface area contributed by atoms with Gasteiger partial charge in [-0.15, -0.1) is 0 Å². The van der Waals surface area contributed by atoms with Crippen LogP contribution in [0.5, 0.6) is 0 Å². The summed E-state index contributed by atoms with van der Waals surface area (Å²) >= 11 is 0. The van der Waals surface area contributed by atoms with Crippen molar-refractivity contribution >= 4 is 22.5 Å². The molecule has 3 rings (SSSR count). The summed E-state index contributed by atoms with van der Waals surface area (Å²) < 4.78 is 0. The maximum atomic E-state index is 12.3. The van der Waals surface area contributed by atoms with Crippen LogP contribution in [0.1, 0.15) is 39.4 Å². The Bertz CT molecular complexity index is 795. The molecule has 0 aliphatic heterocycles. The van der Waals surface area contributed by atoms with E-state index in [-0.39, 0.29) is 17.0 Å². The van der Waals surface area contributed by atoms with Crippen molar-refractivity contribution in [2.75, 3.05) is 0 Å². The number of para-hydroxylation sites is 2. The van der Waals surface area contributed by atoms with Gasteiger partial charge < -0.3 is 10.1 Å². The molecule has 23 heavy (non-hydrogen) atoms. The Balaban J connectivity index is 1.83. The van der Waals surface area contributed by atoms with Crippen LogP contribution >= 0.6 is 0 Å². The van der Waals surface area contributed by atoms with Crippen molar-refractivity contribution in [3.8, 4) is 0 Å². The highest BCUT2D eigenvalue weighted by molar-refractivity contribution is 6.22. The number of carbonyl (C=O) groups excluding carboxylic acids is 1. The summed E-state index contributed by atoms with van der Waals surface area (Å²) in [5.74, 6) is 0.857. The number of hydrogen-bond acceptors (Lipinski definition) is 4. The van der Waals surface area contributed by atoms with Gasteiger partial charge in [0.2, 0.25) is 0 Å². The number of rotatable bonds is 3. The number of nitrogens with zero attached hydrogens (tertiary/aromatic N) is 2. The first-order valence-corrected chi connectivity index (χ1v) is 7.76. The van der Waals surface area contributed by atoms with Crippen LogP contribution in [0, 0.1) is 5.41 Å². The number of carbonyl (C=O) groups is 1. The molecule has 2 N–H and O–H groups in total. The van der Waals surface area contributed by atoms with Gasteiger partial charge in [0.15, 0.2) is 5.78 Å². The smallest absolute Gasteiger partial charge is 0.168 e. The van der Waals surface area contributed by atoms with Crippen molar-refractivity contribution in [1.29, 1.82) is 0 Å². The number of hydrogen-bond donors (Lipinski definition) is 2. The Morgan fingerprint density at radius 3 is 2.78 bits per heavy atom. The largest absolute Gasteiger partial charge is 0.511 e. The molecule has 0 saturated heterocycles. The third kappa shape index (κ3) is 3.18. The van der Waals surface area contributed by atoms with Gasteiger partial charge in [0, 0.05) is 18.6 Å². The number of benzene rings is 1. The predicted octanol–water partition coefficient (Wildman–Crippen LogP) is 3.73. The number of imidazole rings is 1. The highest BCUT2D eigenvalue weighted by atomic mass is 16.3. The maximum absolute atomic E-state index is 12.3. The fourth-order valence-electron chi connectivity index (χ4n) is 3.05. The molecule has 0 unspecified atom stereocenters. The van der Waals surface area contributed by atoms with Gasteiger partial charge in [-0.3, -0.25) is 9.79 Å². The van der Waals surface area contributed by atoms with Crippen LogP contribution in [-0.2, 0) is 11.3 Å². The number of H-pyrrole nitrogens is 1. The normalized spacial score (nSPS) is 18.7. The zero-order chi connectivity index (χ0) is 16.6. The van der Waals surface area contributed by atoms with Crippen LogP contribution in [0.2, 0.25) is 0 Å². The van der Waals surface area contributed by atoms with Crippen molar-refractivity contribution in [3.63, 3.8) is 0 Å². The van der Waals surface area contributed by atoms with Gasteiger partial charge >= 0.3 is 0 Å². The topological polar surface area (TPSA) is 78.3 Å². The number of aliphatic imine (C=N–C) groups is 1. The number of nitrogens with one attached hydrogen (secondary N) is 1. The quantitative estimate of drug-likeness (QED) is 0.848. The first-order valence-electron chi connectivity index (χ1n) is 7.76. The third-order valence-electron chi connectivity index (χ3n) is 4.12. The zero-order valence-electron chi connectivity index (χ0n) is 13.7. The molecular weight excluding hydrogens is 290 g/mol. The summed E-state index contributed by atoms with van der Waals surface area (Å²) in [4.78, 5) is 24.4. The zero-order valence-corrected chi connectivity index (χ0v) is 13.7. The molecule has 2 aromatic rings. The van der Waals surface area contributed by atoms with Gasteiger partial charge in [0.1, 0.15) is 11.6 Å². The van der Waals surface area contributed by atoms with E-state index >= 15 is 0 Å². The summed E-state index contributed by atoms with van der Waals surface area (Å²) in [7, 11) is 0. The number of Topliss-reactive ketones (excluding diaryl/α,β-unsaturated/α-hetero) is 1. The van der Waals surface area contributed by atoms with E-state index in [0.29, 0.717) is 30.7 Å². The fraction of sp³-hybridized carbons (Fsp3) is 0.389. The summed E-state index contributed by atoms with van der Waals surface area (Å²) in [6.07, 6.45) is 0.940. The molecule has 0 spiro atoms. The lowest BCUT2D eigenvalue weighted by Gasteiger charge is -2.29. The monoisotopic (exact) mass is 311 g/mol. The molecule has 5 heteroatoms. The van der Waals surface area contributed by atoms with E-state index in [1.807, 2.05) is 38.1 Å². The lowest BCUT2D eigenvalue weighted by Crippen LogP contribution is -2.28. The van der Waals surface area contributed by atoms with Crippen molar-refractivity contribution in [2.45, 2.75) is 40.2 Å². The lowest BCUT2D eigenvalue weighted by molar-refractivity contribution is -0.117. The minimum atomic E-state index is -0.191. The Morgan fingerprint density at radius 1 is 1.35 bits per heavy atom. The van der Waals surface area contributed by atoms with Crippen LogP contribution < -0.4 is 0 Å². The molecule has 1 aromatic heterocycles. The third-order valence-corrected chi connectivity index (χ3v) is 4.12. The summed E-state index contributed by atoms with van der Waals surface area (Å²) in [5.41, 5.74) is 2.62. The predicted molar refractivity (Wildman–Crippen MR) is 90.6 cm³/mol. The van der Waals surface area contributed by atoms with Gasteiger partial charge in [-0.25, -0.2) is 4.98 Å². The molecule has 5 nitrogen and oxygen atoms in total. The lowest BCUT2D eigenvalue weighted by atomic mass is 9.76. The second-order valence-corrected chi connectivity index (χ2v) is 6.86. The minimum Gasteiger partial charge on any atom is -0.511 e. The minimum absolute atomic E-state index is 0.0374. The Labute approximate surface area is 135 Å². The van der Waals surface area contributed by atoms with E-state index in [2.05, 4.69) is 15.0 Å². The second kappa shape index (κ2) is 5.65. The molecule has 1 heterocycles. The standard InChI is InChI=1S/C18H21N3O2/c1-11(17-14(22)8-18(2,3)9-15(17)23)19-10-16-20-12-6-4-5-7-13(12)21-16/h4-7,22H,8-10H2,1-3H3,(H,20,21). The number of aromatic amines is 1. The molecule has 120 valence electrons. The Morgan fingerprint density at radius 2 is 2.09 bits per heavy atom. The van der Waals surface area contributed by atoms with E-state index < -0.39 is 0 Å². The number of fused-ring (bicyclic) bond motifs is 1. The van der Waals surface area contributed by atoms with Crippen LogP contribution in [0.3, 0.4) is 0 Å². The molecule has 0 amide bonds. The molecule has 0 atom stereocenters. The van der Waals surface area contributed by atoms with Crippen LogP contribution in [-0.4, -0.2) is 26.6 Å². The van der Waals surface area contributed by atoms with Crippen molar-refractivity contribution in [3.05, 3.63) is 41.4 Å². The average molecular weight is 311 g/mol. The van der Waals surface area contributed by atoms with E-state index in [1.54, 1.807) is 6.92 Å². The molecule has 1 aliphatic carbocycles. The number of allylic oxidation sites excluding steroid dienone is 2. The summed E-state index contributed by atoms with van der Waals surface area (Å²) in [5, 5.41) is 10.2. The van der Waals surface area contributed by atoms with Gasteiger partial charge in [-0.2, -0.15) is 0 Å². The molecule has 0 bridgehead atoms. The van der Waals surface area contributed by atoms with Crippen molar-refractivity contribution in [2.24, 2.45) is 10.4 Å². The van der Waals surface area contributed by atoms with E-state index in [4.69, 9.17) is 0 Å². The number of aliphatic hydroxyl groups excluding tert-OH is 1. The number of ketones is 1. The van der Waals surface area contributed by atoms with Gasteiger partial charge in [-0.05, 0) is 24.5 Å². The van der Waals surface area contributed by atoms with Gasteiger partial charge in [0.25, 0.3) is 0 Å². The van der Waals surface area contributed by atoms with E-state index in [9.17, 15) is 9.90 Å². The SMILES string of the molecule is CC(=NCc1nc2ccccc2[nH]1)C1=C(O)CC(C)(C)CC1=O. The molecule has 1 aliphatic rings. The van der Waals surface area contributed by atoms with E-state index in [0.717, 1.165) is 16.9 Å². The fourth-order valence-corrected chi connectivity index (χ4v) is 3.05. The van der Waals surface area contributed by atoms with Crippen molar-refractivity contribution < 1.29 is 9.90 Å². The molecule has 0 saturated carbocycles. The first kappa shape index (κ1) is 15.5. The molecule has 0 fully saturated rings. The number of aliphatic hydroxyl groups is 1. The summed E-state index contributed by atoms with van der Waals surface area (Å²) in [6.45, 7) is 6.09. The Kier molecular flexibility index (Phi) is 3.80. The molecule has 0 radical (unpaired) electrons. The maximum Gasteiger partial charge on any atom is 0.168 e. The van der Waals surface area contributed by atoms with Gasteiger partial charge in [0.05, 0.1) is 23.2 Å². The van der Waals surface area contributed by atoms with Crippen LogP contribution in [0.4, 0.5) is 0 Å². The highest BCUT2D eigenvalue weighted by Crippen LogP contribution is 2.36. The van der Waals surface area contributed by atoms with Crippen molar-refractivity contribution in [1.82, 2.24) is 9.97 Å². The highest BCUT2D eigenvalue weighted by Gasteiger charge is 2.33. The first-order chi connectivity index (χ1) is 10.9. The van der Waals surface area contributed by atoms with Crippen LogP contribution in [0.15, 0.2) is 40.6 Å². The Hall–Kier alpha value is -2.43. The average Bonchev–Trinajstić information content (AvgIpc) is 2.85. The number of aromatic nitrogens is 2. The summed E-state index contributed by atoms with van der Waals surface area (Å²) in [6, 6.07) is 7.79.